The first kappa shape index (κ1) is 24.0. The Morgan fingerprint density at radius 3 is 2.56 bits per heavy atom. The number of esters is 2. The van der Waals surface area contributed by atoms with Gasteiger partial charge in [0.15, 0.2) is 5.11 Å². The Morgan fingerprint density at radius 2 is 1.91 bits per heavy atom. The van der Waals surface area contributed by atoms with Crippen LogP contribution in [0.5, 0.6) is 0 Å². The predicted octanol–water partition coefficient (Wildman–Crippen LogP) is 4.99. The summed E-state index contributed by atoms with van der Waals surface area (Å²) in [7, 11) is 2.53. The van der Waals surface area contributed by atoms with Crippen LogP contribution in [0.4, 0.5) is 10.7 Å². The van der Waals surface area contributed by atoms with Crippen LogP contribution >= 0.6 is 46.8 Å². The molecule has 12 heteroatoms. The van der Waals surface area contributed by atoms with Crippen molar-refractivity contribution in [2.75, 3.05) is 24.9 Å². The molecular formula is C20H18Cl2N4O4S2. The second kappa shape index (κ2) is 10.3. The first-order valence-electron chi connectivity index (χ1n) is 9.07. The van der Waals surface area contributed by atoms with Gasteiger partial charge in [0.2, 0.25) is 0 Å². The van der Waals surface area contributed by atoms with E-state index in [9.17, 15) is 9.59 Å². The highest BCUT2D eigenvalue weighted by molar-refractivity contribution is 7.80. The number of carbonyl (C=O) groups excluding carboxylic acids is 2. The molecule has 0 aliphatic carbocycles. The lowest BCUT2D eigenvalue weighted by molar-refractivity contribution is 0.0601. The monoisotopic (exact) mass is 512 g/mol. The molecule has 2 aromatic heterocycles. The number of halogens is 2. The summed E-state index contributed by atoms with van der Waals surface area (Å²) in [6.07, 6.45) is 3.35. The molecule has 0 saturated heterocycles. The molecule has 0 aliphatic rings. The van der Waals surface area contributed by atoms with Gasteiger partial charge in [0.25, 0.3) is 0 Å². The minimum Gasteiger partial charge on any atom is -0.465 e. The van der Waals surface area contributed by atoms with Gasteiger partial charge in [-0.2, -0.15) is 5.10 Å². The summed E-state index contributed by atoms with van der Waals surface area (Å²) >= 11 is 18.6. The van der Waals surface area contributed by atoms with Gasteiger partial charge in [0.1, 0.15) is 9.88 Å². The van der Waals surface area contributed by atoms with E-state index in [1.165, 1.54) is 14.2 Å². The van der Waals surface area contributed by atoms with E-state index in [0.29, 0.717) is 32.8 Å². The summed E-state index contributed by atoms with van der Waals surface area (Å²) in [6.45, 7) is 2.08. The fraction of sp³-hybridized carbons (Fsp3) is 0.200. The number of thiophene rings is 1. The Morgan fingerprint density at radius 1 is 1.19 bits per heavy atom. The van der Waals surface area contributed by atoms with Gasteiger partial charge < -0.3 is 20.1 Å². The first-order chi connectivity index (χ1) is 15.2. The topological polar surface area (TPSA) is 94.5 Å². The number of ether oxygens (including phenoxy) is 2. The van der Waals surface area contributed by atoms with Crippen molar-refractivity contribution in [3.8, 4) is 0 Å². The standard InChI is InChI=1S/C20H18Cl2N4O4S2/c1-10-15(18(27)29-2)17(32-16(10)19(28)30-3)25-20(31)24-13-7-23-26(9-13)8-11-4-5-12(21)6-14(11)22/h4-7,9H,8H2,1-3H3,(H2,24,25,31). The van der Waals surface area contributed by atoms with Crippen molar-refractivity contribution in [2.45, 2.75) is 13.5 Å². The molecule has 0 bridgehead atoms. The van der Waals surface area contributed by atoms with E-state index in [1.54, 1.807) is 36.1 Å². The summed E-state index contributed by atoms with van der Waals surface area (Å²) in [6, 6.07) is 5.26. The van der Waals surface area contributed by atoms with Gasteiger partial charge in [-0.15, -0.1) is 11.3 Å². The number of hydrogen-bond acceptors (Lipinski definition) is 7. The normalized spacial score (nSPS) is 10.5. The van der Waals surface area contributed by atoms with Crippen molar-refractivity contribution in [1.82, 2.24) is 9.78 Å². The third-order valence-corrected chi connectivity index (χ3v) is 6.35. The molecule has 0 amide bonds. The van der Waals surface area contributed by atoms with Crippen LogP contribution in [0.1, 0.15) is 31.2 Å². The van der Waals surface area contributed by atoms with E-state index < -0.39 is 11.9 Å². The van der Waals surface area contributed by atoms with Crippen molar-refractivity contribution >= 4 is 74.5 Å². The van der Waals surface area contributed by atoms with Crippen molar-refractivity contribution in [3.05, 3.63) is 62.2 Å². The first-order valence-corrected chi connectivity index (χ1v) is 11.1. The average Bonchev–Trinajstić information content (AvgIpc) is 3.32. The SMILES string of the molecule is COC(=O)c1sc(NC(=S)Nc2cnn(Cc3ccc(Cl)cc3Cl)c2)c(C(=O)OC)c1C. The zero-order valence-electron chi connectivity index (χ0n) is 17.2. The second-order valence-corrected chi connectivity index (χ2v) is 8.76. The molecule has 0 unspecified atom stereocenters. The van der Waals surface area contributed by atoms with E-state index in [-0.39, 0.29) is 15.6 Å². The maximum absolute atomic E-state index is 12.2. The molecule has 1 aromatic carbocycles. The molecule has 3 rings (SSSR count). The van der Waals surface area contributed by atoms with E-state index in [2.05, 4.69) is 15.7 Å². The largest absolute Gasteiger partial charge is 0.465 e. The van der Waals surface area contributed by atoms with Crippen LogP contribution < -0.4 is 10.6 Å². The highest BCUT2D eigenvalue weighted by atomic mass is 35.5. The van der Waals surface area contributed by atoms with Crippen LogP contribution in [0.25, 0.3) is 0 Å². The fourth-order valence-electron chi connectivity index (χ4n) is 2.84. The average molecular weight is 513 g/mol. The molecule has 2 N–H and O–H groups in total. The van der Waals surface area contributed by atoms with Crippen LogP contribution in [0.2, 0.25) is 10.0 Å². The van der Waals surface area contributed by atoms with Gasteiger partial charge in [-0.3, -0.25) is 4.68 Å². The van der Waals surface area contributed by atoms with E-state index in [1.807, 2.05) is 6.07 Å². The number of aromatic nitrogens is 2. The van der Waals surface area contributed by atoms with Gasteiger partial charge in [0, 0.05) is 16.2 Å². The highest BCUT2D eigenvalue weighted by Gasteiger charge is 2.26. The van der Waals surface area contributed by atoms with Gasteiger partial charge >= 0.3 is 11.9 Å². The number of rotatable bonds is 6. The van der Waals surface area contributed by atoms with Crippen molar-refractivity contribution in [1.29, 1.82) is 0 Å². The van der Waals surface area contributed by atoms with Crippen molar-refractivity contribution in [3.63, 3.8) is 0 Å². The zero-order valence-corrected chi connectivity index (χ0v) is 20.3. The van der Waals surface area contributed by atoms with Crippen molar-refractivity contribution < 1.29 is 19.1 Å². The minimum atomic E-state index is -0.591. The molecule has 168 valence electrons. The third kappa shape index (κ3) is 5.39. The molecule has 0 radical (unpaired) electrons. The third-order valence-electron chi connectivity index (χ3n) is 4.37. The molecule has 0 atom stereocenters. The molecule has 0 fully saturated rings. The smallest absolute Gasteiger partial charge is 0.348 e. The van der Waals surface area contributed by atoms with E-state index in [4.69, 9.17) is 44.9 Å². The molecule has 0 saturated carbocycles. The Balaban J connectivity index is 1.74. The van der Waals surface area contributed by atoms with Crippen LogP contribution in [0.15, 0.2) is 30.6 Å². The van der Waals surface area contributed by atoms with Crippen LogP contribution in [0.3, 0.4) is 0 Å². The maximum Gasteiger partial charge on any atom is 0.348 e. The number of anilines is 2. The summed E-state index contributed by atoms with van der Waals surface area (Å²) in [5.41, 5.74) is 2.15. The number of carbonyl (C=O) groups is 2. The van der Waals surface area contributed by atoms with Crippen LogP contribution in [-0.4, -0.2) is 41.1 Å². The lowest BCUT2D eigenvalue weighted by Crippen LogP contribution is -2.20. The number of nitrogens with one attached hydrogen (secondary N) is 2. The second-order valence-electron chi connectivity index (χ2n) is 6.48. The lowest BCUT2D eigenvalue weighted by atomic mass is 10.1. The summed E-state index contributed by atoms with van der Waals surface area (Å²) in [5.74, 6) is -1.14. The highest BCUT2D eigenvalue weighted by Crippen LogP contribution is 2.34. The van der Waals surface area contributed by atoms with Gasteiger partial charge in [0.05, 0.1) is 38.2 Å². The Hall–Kier alpha value is -2.66. The number of hydrogen-bond donors (Lipinski definition) is 2. The molecular weight excluding hydrogens is 495 g/mol. The lowest BCUT2D eigenvalue weighted by Gasteiger charge is -2.09. The van der Waals surface area contributed by atoms with Crippen LogP contribution in [0, 0.1) is 6.92 Å². The summed E-state index contributed by atoms with van der Waals surface area (Å²) < 4.78 is 11.3. The fourth-order valence-corrected chi connectivity index (χ4v) is 4.71. The number of methoxy groups -OCH3 is 2. The molecule has 0 aliphatic heterocycles. The molecule has 0 spiro atoms. The molecule has 2 heterocycles. The van der Waals surface area contributed by atoms with E-state index >= 15 is 0 Å². The number of thiocarbonyl (C=S) groups is 1. The minimum absolute atomic E-state index is 0.205. The summed E-state index contributed by atoms with van der Waals surface area (Å²) in [5, 5.41) is 11.9. The zero-order chi connectivity index (χ0) is 23.4. The number of nitrogens with zero attached hydrogens (tertiary/aromatic N) is 2. The summed E-state index contributed by atoms with van der Waals surface area (Å²) in [4.78, 5) is 24.5. The Kier molecular flexibility index (Phi) is 7.73. The van der Waals surface area contributed by atoms with Gasteiger partial charge in [-0.25, -0.2) is 9.59 Å². The van der Waals surface area contributed by atoms with Crippen molar-refractivity contribution in [2.24, 2.45) is 0 Å². The van der Waals surface area contributed by atoms with Gasteiger partial charge in [-0.05, 0) is 42.4 Å². The molecule has 8 nitrogen and oxygen atoms in total. The Bertz CT molecular complexity index is 1190. The maximum atomic E-state index is 12.2. The Labute approximate surface area is 203 Å². The predicted molar refractivity (Wildman–Crippen MR) is 129 cm³/mol. The van der Waals surface area contributed by atoms with Crippen LogP contribution in [-0.2, 0) is 16.0 Å². The molecule has 32 heavy (non-hydrogen) atoms. The molecule has 3 aromatic rings. The number of benzene rings is 1. The van der Waals surface area contributed by atoms with E-state index in [0.717, 1.165) is 16.9 Å². The quantitative estimate of drug-likeness (QED) is 0.352. The van der Waals surface area contributed by atoms with Gasteiger partial charge in [-0.1, -0.05) is 29.3 Å².